The van der Waals surface area contributed by atoms with E-state index in [0.717, 1.165) is 30.6 Å². The number of carbonyl (C=O) groups is 1. The molecule has 5 heterocycles. The minimum atomic E-state index is -0.311. The lowest BCUT2D eigenvalue weighted by molar-refractivity contribution is 0.0985. The highest BCUT2D eigenvalue weighted by atomic mass is 79.9. The fraction of sp³-hybridized carbons (Fsp3) is 0.393. The zero-order valence-electron chi connectivity index (χ0n) is 22.0. The van der Waals surface area contributed by atoms with Gasteiger partial charge in [-0.25, -0.2) is 14.8 Å². The molecule has 1 fully saturated rings. The standard InChI is InChI=1S/C28H31BrN6O3S/c1-3-11-33-22-14-21(32-25(22)27(37)34(12-4-2)28(33)38)18-8-10-24(31-15-18)35(17-20-6-5-13-39-20)26(36)19-7-9-23(29)30-16-19/h7-10,14-16,20,32H,3-6,11-13,17H2,1-2H3. The summed E-state index contributed by atoms with van der Waals surface area (Å²) in [4.78, 5) is 53.5. The molecule has 1 aliphatic rings. The van der Waals surface area contributed by atoms with Gasteiger partial charge in [0.1, 0.15) is 15.9 Å². The summed E-state index contributed by atoms with van der Waals surface area (Å²) in [5, 5.41) is 0.355. The third kappa shape index (κ3) is 5.60. The van der Waals surface area contributed by atoms with Gasteiger partial charge in [0.2, 0.25) is 0 Å². The van der Waals surface area contributed by atoms with Crippen molar-refractivity contribution in [3.63, 3.8) is 0 Å². The van der Waals surface area contributed by atoms with Crippen molar-refractivity contribution in [1.82, 2.24) is 24.1 Å². The fourth-order valence-corrected chi connectivity index (χ4v) is 6.43. The number of aryl methyl sites for hydroxylation is 1. The first-order chi connectivity index (χ1) is 18.9. The number of rotatable bonds is 9. The van der Waals surface area contributed by atoms with Crippen LogP contribution in [0.15, 0.2) is 56.9 Å². The zero-order valence-corrected chi connectivity index (χ0v) is 24.4. The molecular formula is C28H31BrN6O3S. The predicted octanol–water partition coefficient (Wildman–Crippen LogP) is 5.07. The molecule has 0 aliphatic carbocycles. The number of anilines is 1. The van der Waals surface area contributed by atoms with E-state index >= 15 is 0 Å². The fourth-order valence-electron chi connectivity index (χ4n) is 4.94. The molecule has 1 atom stereocenters. The van der Waals surface area contributed by atoms with Crippen molar-refractivity contribution in [2.45, 2.75) is 57.9 Å². The molecule has 0 spiro atoms. The normalized spacial score (nSPS) is 15.2. The molecule has 1 N–H and O–H groups in total. The van der Waals surface area contributed by atoms with Crippen molar-refractivity contribution >= 4 is 50.5 Å². The quantitative estimate of drug-likeness (QED) is 0.265. The molecule has 4 aromatic rings. The second-order valence-electron chi connectivity index (χ2n) is 9.66. The Labute approximate surface area is 238 Å². The van der Waals surface area contributed by atoms with Gasteiger partial charge in [-0.05, 0) is 77.7 Å². The van der Waals surface area contributed by atoms with Crippen LogP contribution < -0.4 is 16.1 Å². The minimum absolute atomic E-state index is 0.145. The SMILES string of the molecule is CCCn1c(=O)c2[nH]c(-c3ccc(N(CC4CCCS4)C(=O)c4ccc(Br)nc4)nc3)cc2n(CCC)c1=O. The lowest BCUT2D eigenvalue weighted by Gasteiger charge is -2.24. The van der Waals surface area contributed by atoms with Crippen LogP contribution in [0.2, 0.25) is 0 Å². The summed E-state index contributed by atoms with van der Waals surface area (Å²) in [5.41, 5.74) is 2.37. The number of amides is 1. The average Bonchev–Trinajstić information content (AvgIpc) is 3.63. The molecule has 4 aromatic heterocycles. The first kappa shape index (κ1) is 27.4. The largest absolute Gasteiger partial charge is 0.349 e. The molecule has 0 radical (unpaired) electrons. The molecule has 0 aromatic carbocycles. The van der Waals surface area contributed by atoms with Gasteiger partial charge in [-0.2, -0.15) is 11.8 Å². The molecule has 1 amide bonds. The molecule has 9 nitrogen and oxygen atoms in total. The van der Waals surface area contributed by atoms with Gasteiger partial charge in [0.25, 0.3) is 11.5 Å². The number of aromatic amines is 1. The summed E-state index contributed by atoms with van der Waals surface area (Å²) in [5.74, 6) is 1.51. The molecule has 0 saturated carbocycles. The maximum Gasteiger partial charge on any atom is 0.331 e. The minimum Gasteiger partial charge on any atom is -0.349 e. The number of nitrogens with one attached hydrogen (secondary N) is 1. The maximum absolute atomic E-state index is 13.5. The van der Waals surface area contributed by atoms with Gasteiger partial charge in [0.05, 0.1) is 11.1 Å². The number of hydrogen-bond acceptors (Lipinski definition) is 6. The zero-order chi connectivity index (χ0) is 27.5. The second-order valence-corrected chi connectivity index (χ2v) is 11.9. The highest BCUT2D eigenvalue weighted by molar-refractivity contribution is 9.10. The van der Waals surface area contributed by atoms with Gasteiger partial charge in [0, 0.05) is 48.5 Å². The van der Waals surface area contributed by atoms with Crippen molar-refractivity contribution in [1.29, 1.82) is 0 Å². The Bertz CT molecular complexity index is 1590. The van der Waals surface area contributed by atoms with Crippen LogP contribution in [0, 0.1) is 0 Å². The molecule has 204 valence electrons. The molecule has 1 unspecified atom stereocenters. The maximum atomic E-state index is 13.5. The van der Waals surface area contributed by atoms with E-state index in [0.29, 0.717) is 64.0 Å². The van der Waals surface area contributed by atoms with E-state index < -0.39 is 0 Å². The Morgan fingerprint density at radius 2 is 1.90 bits per heavy atom. The number of H-pyrrole nitrogens is 1. The number of hydrogen-bond donors (Lipinski definition) is 1. The number of aromatic nitrogens is 5. The van der Waals surface area contributed by atoms with Crippen molar-refractivity contribution in [2.24, 2.45) is 0 Å². The number of carbonyl (C=O) groups excluding carboxylic acids is 1. The van der Waals surface area contributed by atoms with Crippen molar-refractivity contribution in [3.8, 4) is 11.3 Å². The number of fused-ring (bicyclic) bond motifs is 1. The number of halogens is 1. The van der Waals surface area contributed by atoms with Crippen molar-refractivity contribution in [2.75, 3.05) is 17.2 Å². The van der Waals surface area contributed by atoms with E-state index in [1.165, 1.54) is 4.57 Å². The second kappa shape index (κ2) is 11.9. The Balaban J connectivity index is 1.51. The van der Waals surface area contributed by atoms with Gasteiger partial charge in [-0.3, -0.25) is 23.6 Å². The summed E-state index contributed by atoms with van der Waals surface area (Å²) < 4.78 is 3.64. The van der Waals surface area contributed by atoms with Crippen LogP contribution in [0.3, 0.4) is 0 Å². The van der Waals surface area contributed by atoms with Gasteiger partial charge in [0.15, 0.2) is 0 Å². The highest BCUT2D eigenvalue weighted by Gasteiger charge is 2.26. The average molecular weight is 612 g/mol. The third-order valence-corrected chi connectivity index (χ3v) is 8.72. The van der Waals surface area contributed by atoms with E-state index in [4.69, 9.17) is 0 Å². The van der Waals surface area contributed by atoms with Crippen LogP contribution >= 0.6 is 27.7 Å². The van der Waals surface area contributed by atoms with Crippen LogP contribution in [0.5, 0.6) is 0 Å². The topological polar surface area (TPSA) is 106 Å². The number of pyridine rings is 2. The Morgan fingerprint density at radius 1 is 1.10 bits per heavy atom. The van der Waals surface area contributed by atoms with Gasteiger partial charge in [-0.15, -0.1) is 0 Å². The van der Waals surface area contributed by atoms with E-state index in [2.05, 4.69) is 30.9 Å². The Morgan fingerprint density at radius 3 is 2.54 bits per heavy atom. The molecule has 11 heteroatoms. The summed E-state index contributed by atoms with van der Waals surface area (Å²) in [6, 6.07) is 9.08. The molecule has 0 bridgehead atoms. The number of nitrogens with zero attached hydrogens (tertiary/aromatic N) is 5. The molecular weight excluding hydrogens is 580 g/mol. The summed E-state index contributed by atoms with van der Waals surface area (Å²) in [6.45, 7) is 5.41. The van der Waals surface area contributed by atoms with E-state index in [-0.39, 0.29) is 17.2 Å². The third-order valence-electron chi connectivity index (χ3n) is 6.87. The van der Waals surface area contributed by atoms with Gasteiger partial charge in [-0.1, -0.05) is 13.8 Å². The van der Waals surface area contributed by atoms with Crippen LogP contribution in [0.25, 0.3) is 22.3 Å². The van der Waals surface area contributed by atoms with Crippen LogP contribution in [-0.4, -0.2) is 47.5 Å². The highest BCUT2D eigenvalue weighted by Crippen LogP contribution is 2.30. The molecule has 1 saturated heterocycles. The Kier molecular flexibility index (Phi) is 8.37. The Hall–Kier alpha value is -3.18. The van der Waals surface area contributed by atoms with E-state index in [9.17, 15) is 14.4 Å². The first-order valence-corrected chi connectivity index (χ1v) is 15.1. The van der Waals surface area contributed by atoms with Gasteiger partial charge < -0.3 is 4.98 Å². The lowest BCUT2D eigenvalue weighted by atomic mass is 10.2. The monoisotopic (exact) mass is 610 g/mol. The van der Waals surface area contributed by atoms with E-state index in [1.807, 2.05) is 43.8 Å². The van der Waals surface area contributed by atoms with Crippen molar-refractivity contribution in [3.05, 3.63) is 73.7 Å². The summed E-state index contributed by atoms with van der Waals surface area (Å²) >= 11 is 5.21. The van der Waals surface area contributed by atoms with E-state index in [1.54, 1.807) is 34.0 Å². The summed E-state index contributed by atoms with van der Waals surface area (Å²) in [6.07, 6.45) is 6.95. The van der Waals surface area contributed by atoms with Crippen molar-refractivity contribution < 1.29 is 4.79 Å². The summed E-state index contributed by atoms with van der Waals surface area (Å²) in [7, 11) is 0. The van der Waals surface area contributed by atoms with Crippen LogP contribution in [0.4, 0.5) is 5.82 Å². The molecule has 1 aliphatic heterocycles. The van der Waals surface area contributed by atoms with Gasteiger partial charge >= 0.3 is 5.69 Å². The lowest BCUT2D eigenvalue weighted by Crippen LogP contribution is -2.39. The smallest absolute Gasteiger partial charge is 0.331 e. The van der Waals surface area contributed by atoms with Crippen LogP contribution in [-0.2, 0) is 13.1 Å². The molecule has 39 heavy (non-hydrogen) atoms. The van der Waals surface area contributed by atoms with Crippen LogP contribution in [0.1, 0.15) is 49.9 Å². The number of thioether (sulfide) groups is 1. The first-order valence-electron chi connectivity index (χ1n) is 13.3. The molecule has 5 rings (SSSR count). The predicted molar refractivity (Wildman–Crippen MR) is 160 cm³/mol.